The van der Waals surface area contributed by atoms with Gasteiger partial charge in [0.25, 0.3) is 0 Å². The van der Waals surface area contributed by atoms with Crippen molar-refractivity contribution < 1.29 is 0 Å². The lowest BCUT2D eigenvalue weighted by molar-refractivity contribution is 1.53. The van der Waals surface area contributed by atoms with Crippen LogP contribution < -0.4 is 0 Å². The third kappa shape index (κ3) is 0.155. The fraction of sp³-hybridized carbons (Fsp3) is 0. The van der Waals surface area contributed by atoms with Gasteiger partial charge in [-0.25, -0.2) is 9.98 Å². The first-order valence-corrected chi connectivity index (χ1v) is 5.12. The van der Waals surface area contributed by atoms with Crippen LogP contribution in [0.1, 0.15) is 0 Å². The smallest absolute Gasteiger partial charge is 0.171 e. The lowest BCUT2D eigenvalue weighted by Gasteiger charge is -2.01. The van der Waals surface area contributed by atoms with Gasteiger partial charge >= 0.3 is 0 Å². The summed E-state index contributed by atoms with van der Waals surface area (Å²) in [4.78, 5) is 8.10. The highest BCUT2D eigenvalue weighted by atomic mass is 32.4. The number of hydrogen-bond acceptors (Lipinski definition) is 3. The fourth-order valence-electron chi connectivity index (χ4n) is 1.05. The predicted molar refractivity (Wildman–Crippen MR) is 37.2 cm³/mol. The predicted octanol–water partition coefficient (Wildman–Crippen LogP) is 1.10. The summed E-state index contributed by atoms with van der Waals surface area (Å²) in [7, 11) is 0. The average Bonchev–Trinajstić information content (AvgIpc) is 2.13. The Morgan fingerprint density at radius 1 is 1.62 bits per heavy atom. The molecule has 3 heterocycles. The first kappa shape index (κ1) is 3.70. The molecule has 0 amide bonds. The van der Waals surface area contributed by atoms with Crippen molar-refractivity contribution in [2.45, 2.75) is 0 Å². The Morgan fingerprint density at radius 2 is 2.50 bits per heavy atom. The van der Waals surface area contributed by atoms with Gasteiger partial charge in [-0.2, -0.15) is 0 Å². The van der Waals surface area contributed by atoms with Crippen LogP contribution in [-0.4, -0.2) is 11.0 Å². The Hall–Kier alpha value is -0.270. The maximum absolute atomic E-state index is 5.24. The number of nitrogens with zero attached hydrogens (tertiary/aromatic N) is 2. The molecule has 1 atom stereocenters. The first-order valence-electron chi connectivity index (χ1n) is 2.32. The summed E-state index contributed by atoms with van der Waals surface area (Å²) in [6.45, 7) is 0. The van der Waals surface area contributed by atoms with E-state index in [1.54, 1.807) is 0 Å². The quantitative estimate of drug-likeness (QED) is 0.462. The maximum atomic E-state index is 5.24. The molecule has 0 spiro atoms. The standard InChI is InChI=1S/C4HN2PS/c8-7-2-1-5-4(7)6-3(2)7/h1H. The molecular formula is C4HN2PS. The van der Waals surface area contributed by atoms with E-state index in [-0.39, 0.29) is 0 Å². The highest BCUT2D eigenvalue weighted by Crippen LogP contribution is 2.83. The Bertz CT molecular complexity index is 293. The molecular weight excluding hydrogens is 139 g/mol. The van der Waals surface area contributed by atoms with Crippen molar-refractivity contribution in [3.8, 4) is 0 Å². The van der Waals surface area contributed by atoms with Crippen molar-refractivity contribution in [3.63, 3.8) is 0 Å². The molecule has 0 radical (unpaired) electrons. The van der Waals surface area contributed by atoms with Crippen LogP contribution >= 0.6 is 6.04 Å². The molecule has 4 heteroatoms. The summed E-state index contributed by atoms with van der Waals surface area (Å²) in [6.07, 6.45) is 1.87. The van der Waals surface area contributed by atoms with Gasteiger partial charge in [0.15, 0.2) is 5.58 Å². The van der Waals surface area contributed by atoms with Crippen molar-refractivity contribution in [1.82, 2.24) is 0 Å². The van der Waals surface area contributed by atoms with Gasteiger partial charge in [0.05, 0.1) is 11.5 Å². The molecule has 0 aromatic carbocycles. The van der Waals surface area contributed by atoms with Gasteiger partial charge in [-0.3, -0.25) is 0 Å². The van der Waals surface area contributed by atoms with E-state index in [9.17, 15) is 0 Å². The summed E-state index contributed by atoms with van der Waals surface area (Å²) < 4.78 is 0. The highest BCUT2D eigenvalue weighted by Gasteiger charge is 2.62. The molecule has 3 rings (SSSR count). The lowest BCUT2D eigenvalue weighted by Crippen LogP contribution is -1.95. The van der Waals surface area contributed by atoms with Gasteiger partial charge in [-0.15, -0.1) is 0 Å². The van der Waals surface area contributed by atoms with Crippen LogP contribution in [0, 0.1) is 0 Å². The number of aliphatic imine (C=N–C) groups is 2. The minimum absolute atomic E-state index is 0.956. The average molecular weight is 140 g/mol. The molecule has 3 aliphatic rings. The van der Waals surface area contributed by atoms with E-state index in [2.05, 4.69) is 9.98 Å². The molecule has 2 nitrogen and oxygen atoms in total. The summed E-state index contributed by atoms with van der Waals surface area (Å²) in [5, 5.41) is 1.28. The Kier molecular flexibility index (Phi) is 0.325. The van der Waals surface area contributed by atoms with E-state index in [0.717, 1.165) is 5.58 Å². The Labute approximate surface area is 51.0 Å². The second kappa shape index (κ2) is 0.703. The zero-order valence-corrected chi connectivity index (χ0v) is 5.54. The largest absolute Gasteiger partial charge is 0.235 e. The van der Waals surface area contributed by atoms with Crippen LogP contribution in [0.2, 0.25) is 0 Å². The van der Waals surface area contributed by atoms with Crippen molar-refractivity contribution in [2.24, 2.45) is 9.98 Å². The Morgan fingerprint density at radius 3 is 2.62 bits per heavy atom. The number of fused-ring (bicyclic) bond motifs is 1. The van der Waals surface area contributed by atoms with E-state index in [1.165, 1.54) is 10.8 Å². The van der Waals surface area contributed by atoms with Crippen LogP contribution in [0.5, 0.6) is 0 Å². The molecule has 0 aromatic rings. The van der Waals surface area contributed by atoms with Crippen molar-refractivity contribution >= 4 is 28.9 Å². The van der Waals surface area contributed by atoms with E-state index >= 15 is 0 Å². The van der Waals surface area contributed by atoms with Gasteiger partial charge in [0, 0.05) is 11.5 Å². The molecule has 3 aliphatic heterocycles. The summed E-state index contributed by atoms with van der Waals surface area (Å²) in [6, 6.07) is -1.18. The van der Waals surface area contributed by atoms with E-state index in [4.69, 9.17) is 11.8 Å². The molecule has 0 N–H and O–H groups in total. The molecule has 1 fully saturated rings. The summed E-state index contributed by atoms with van der Waals surface area (Å²) in [5.41, 5.74) is 2.16. The topological polar surface area (TPSA) is 24.7 Å². The lowest BCUT2D eigenvalue weighted by atomic mass is 10.6. The molecule has 0 aliphatic carbocycles. The van der Waals surface area contributed by atoms with E-state index in [0.29, 0.717) is 0 Å². The second-order valence-corrected chi connectivity index (χ2v) is 6.16. The minimum Gasteiger partial charge on any atom is -0.235 e. The van der Waals surface area contributed by atoms with Crippen molar-refractivity contribution in [2.75, 3.05) is 0 Å². The normalized spacial score (nSPS) is 43.8. The molecule has 8 heavy (non-hydrogen) atoms. The van der Waals surface area contributed by atoms with E-state index in [1.807, 2.05) is 6.20 Å². The third-order valence-corrected chi connectivity index (χ3v) is 5.70. The van der Waals surface area contributed by atoms with Gasteiger partial charge < -0.3 is 0 Å². The monoisotopic (exact) mass is 140 g/mol. The van der Waals surface area contributed by atoms with Gasteiger partial charge in [0.2, 0.25) is 0 Å². The first-order chi connectivity index (χ1) is 3.83. The SMILES string of the molecule is S=P12C3=CN=C1N=C32. The minimum atomic E-state index is -1.18. The Balaban J connectivity index is 2.73. The zero-order valence-electron chi connectivity index (χ0n) is 3.83. The number of amidine groups is 1. The van der Waals surface area contributed by atoms with Gasteiger partial charge in [0.1, 0.15) is 0 Å². The molecule has 0 bridgehead atoms. The second-order valence-electron chi connectivity index (χ2n) is 1.99. The van der Waals surface area contributed by atoms with Crippen LogP contribution in [0.3, 0.4) is 0 Å². The number of rotatable bonds is 0. The molecule has 1 unspecified atom stereocenters. The highest BCUT2D eigenvalue weighted by molar-refractivity contribution is 8.42. The van der Waals surface area contributed by atoms with Gasteiger partial charge in [-0.1, -0.05) is 11.8 Å². The molecule has 38 valence electrons. The molecule has 1 saturated heterocycles. The fourth-order valence-corrected chi connectivity index (χ4v) is 4.26. The van der Waals surface area contributed by atoms with E-state index < -0.39 is 6.04 Å². The van der Waals surface area contributed by atoms with Crippen LogP contribution in [-0.2, 0) is 11.8 Å². The van der Waals surface area contributed by atoms with Crippen molar-refractivity contribution in [3.05, 3.63) is 11.5 Å². The molecule has 0 saturated carbocycles. The maximum Gasteiger partial charge on any atom is 0.171 e. The van der Waals surface area contributed by atoms with Crippen LogP contribution in [0.4, 0.5) is 0 Å². The van der Waals surface area contributed by atoms with Crippen molar-refractivity contribution in [1.29, 1.82) is 0 Å². The van der Waals surface area contributed by atoms with Gasteiger partial charge in [-0.05, 0) is 0 Å². The third-order valence-electron chi connectivity index (χ3n) is 1.61. The van der Waals surface area contributed by atoms with Crippen LogP contribution in [0.15, 0.2) is 21.5 Å². The number of allylic oxidation sites excluding steroid dienone is 1. The molecule has 0 aromatic heterocycles. The zero-order chi connectivity index (χ0) is 5.35. The van der Waals surface area contributed by atoms with Crippen LogP contribution in [0.25, 0.3) is 0 Å². The summed E-state index contributed by atoms with van der Waals surface area (Å²) in [5.74, 6) is 0. The summed E-state index contributed by atoms with van der Waals surface area (Å²) >= 11 is 5.24. The number of hydrogen-bond donors (Lipinski definition) is 0.